The van der Waals surface area contributed by atoms with Gasteiger partial charge in [0.05, 0.1) is 6.07 Å². The molecule has 3 nitrogen and oxygen atoms in total. The van der Waals surface area contributed by atoms with E-state index >= 15 is 0 Å². The van der Waals surface area contributed by atoms with Crippen LogP contribution < -0.4 is 0 Å². The number of amides is 1. The van der Waals surface area contributed by atoms with Crippen LogP contribution in [0.4, 0.5) is 0 Å². The molecule has 0 aromatic heterocycles. The van der Waals surface area contributed by atoms with Crippen LogP contribution in [0.25, 0.3) is 0 Å². The average Bonchev–Trinajstić information content (AvgIpc) is 3.14. The van der Waals surface area contributed by atoms with E-state index in [1.165, 1.54) is 25.7 Å². The molecule has 0 spiro atoms. The van der Waals surface area contributed by atoms with Crippen molar-refractivity contribution < 1.29 is 4.79 Å². The van der Waals surface area contributed by atoms with Crippen LogP contribution in [0.3, 0.4) is 0 Å². The van der Waals surface area contributed by atoms with Gasteiger partial charge in [0.2, 0.25) is 5.91 Å². The summed E-state index contributed by atoms with van der Waals surface area (Å²) in [5, 5.41) is 9.08. The molecule has 3 aliphatic rings. The number of carbonyl (C=O) groups excluding carboxylic acids is 1. The number of rotatable bonds is 5. The van der Waals surface area contributed by atoms with Gasteiger partial charge in [0.1, 0.15) is 5.41 Å². The highest BCUT2D eigenvalue weighted by Gasteiger charge is 2.53. The lowest BCUT2D eigenvalue weighted by atomic mass is 10.1. The molecule has 1 amide bonds. The van der Waals surface area contributed by atoms with Gasteiger partial charge in [0, 0.05) is 13.1 Å². The van der Waals surface area contributed by atoms with Gasteiger partial charge < -0.3 is 4.90 Å². The molecule has 0 unspecified atom stereocenters. The average molecular weight is 218 g/mol. The molecule has 0 bridgehead atoms. The van der Waals surface area contributed by atoms with Crippen molar-refractivity contribution in [2.24, 2.45) is 17.3 Å². The second-order valence-corrected chi connectivity index (χ2v) is 5.79. The van der Waals surface area contributed by atoms with E-state index in [4.69, 9.17) is 5.26 Å². The highest BCUT2D eigenvalue weighted by Crippen LogP contribution is 2.47. The molecule has 0 N–H and O–H groups in total. The summed E-state index contributed by atoms with van der Waals surface area (Å²) in [6.07, 6.45) is 6.66. The fourth-order valence-electron chi connectivity index (χ4n) is 2.27. The maximum atomic E-state index is 12.3. The van der Waals surface area contributed by atoms with E-state index in [2.05, 4.69) is 6.07 Å². The minimum absolute atomic E-state index is 0.133. The predicted molar refractivity (Wildman–Crippen MR) is 59.3 cm³/mol. The van der Waals surface area contributed by atoms with E-state index in [1.807, 2.05) is 4.90 Å². The predicted octanol–water partition coefficient (Wildman–Crippen LogP) is 1.94. The SMILES string of the molecule is N#CC1(C(=O)N(CC2CC2)CC2CC2)CC1. The molecule has 16 heavy (non-hydrogen) atoms. The Morgan fingerprint density at radius 2 is 1.69 bits per heavy atom. The Balaban J connectivity index is 1.65. The maximum Gasteiger partial charge on any atom is 0.243 e. The second-order valence-electron chi connectivity index (χ2n) is 5.79. The normalized spacial score (nSPS) is 25.9. The Labute approximate surface area is 96.4 Å². The van der Waals surface area contributed by atoms with Gasteiger partial charge in [0.25, 0.3) is 0 Å². The smallest absolute Gasteiger partial charge is 0.243 e. The Kier molecular flexibility index (Phi) is 2.20. The van der Waals surface area contributed by atoms with Crippen LogP contribution in [0.5, 0.6) is 0 Å². The van der Waals surface area contributed by atoms with Crippen molar-refractivity contribution in [2.45, 2.75) is 38.5 Å². The fraction of sp³-hybridized carbons (Fsp3) is 0.846. The van der Waals surface area contributed by atoms with Gasteiger partial charge >= 0.3 is 0 Å². The summed E-state index contributed by atoms with van der Waals surface area (Å²) >= 11 is 0. The van der Waals surface area contributed by atoms with Gasteiger partial charge in [-0.3, -0.25) is 4.79 Å². The molecular formula is C13H18N2O. The van der Waals surface area contributed by atoms with Crippen molar-refractivity contribution in [1.29, 1.82) is 5.26 Å². The van der Waals surface area contributed by atoms with Gasteiger partial charge in [-0.15, -0.1) is 0 Å². The first-order valence-electron chi connectivity index (χ1n) is 6.44. The van der Waals surface area contributed by atoms with Crippen molar-refractivity contribution in [3.8, 4) is 6.07 Å². The van der Waals surface area contributed by atoms with Crippen molar-refractivity contribution >= 4 is 5.91 Å². The van der Waals surface area contributed by atoms with Crippen molar-refractivity contribution in [2.75, 3.05) is 13.1 Å². The van der Waals surface area contributed by atoms with Crippen LogP contribution in [0.2, 0.25) is 0 Å². The number of nitriles is 1. The van der Waals surface area contributed by atoms with Crippen molar-refractivity contribution in [1.82, 2.24) is 4.90 Å². The van der Waals surface area contributed by atoms with E-state index in [1.54, 1.807) is 0 Å². The summed E-state index contributed by atoms with van der Waals surface area (Å²) in [7, 11) is 0. The molecule has 3 fully saturated rings. The molecule has 86 valence electrons. The Morgan fingerprint density at radius 3 is 2.00 bits per heavy atom. The Morgan fingerprint density at radius 1 is 1.19 bits per heavy atom. The standard InChI is InChI=1S/C13H18N2O/c14-9-13(5-6-13)12(16)15(7-10-1-2-10)8-11-3-4-11/h10-11H,1-8H2. The number of carbonyl (C=O) groups is 1. The van der Waals surface area contributed by atoms with Crippen LogP contribution in [0.1, 0.15) is 38.5 Å². The molecule has 0 saturated heterocycles. The molecule has 3 rings (SSSR count). The summed E-state index contributed by atoms with van der Waals surface area (Å²) in [4.78, 5) is 14.3. The van der Waals surface area contributed by atoms with Gasteiger partial charge in [0.15, 0.2) is 0 Å². The first-order valence-corrected chi connectivity index (χ1v) is 6.44. The zero-order chi connectivity index (χ0) is 11.2. The highest BCUT2D eigenvalue weighted by atomic mass is 16.2. The first-order chi connectivity index (χ1) is 7.73. The van der Waals surface area contributed by atoms with Gasteiger partial charge in [-0.2, -0.15) is 5.26 Å². The minimum atomic E-state index is -0.607. The van der Waals surface area contributed by atoms with Crippen LogP contribution >= 0.6 is 0 Å². The lowest BCUT2D eigenvalue weighted by Crippen LogP contribution is -2.39. The van der Waals surface area contributed by atoms with E-state index in [9.17, 15) is 4.79 Å². The summed E-state index contributed by atoms with van der Waals surface area (Å²) in [6.45, 7) is 1.83. The molecule has 3 aliphatic carbocycles. The van der Waals surface area contributed by atoms with Crippen LogP contribution in [0, 0.1) is 28.6 Å². The minimum Gasteiger partial charge on any atom is -0.341 e. The molecule has 0 aromatic rings. The van der Waals surface area contributed by atoms with Crippen LogP contribution in [-0.2, 0) is 4.79 Å². The highest BCUT2D eigenvalue weighted by molar-refractivity contribution is 5.88. The maximum absolute atomic E-state index is 12.3. The fourth-order valence-corrected chi connectivity index (χ4v) is 2.27. The topological polar surface area (TPSA) is 44.1 Å². The molecule has 0 heterocycles. The van der Waals surface area contributed by atoms with Crippen LogP contribution in [0.15, 0.2) is 0 Å². The molecule has 0 aromatic carbocycles. The number of nitrogens with zero attached hydrogens (tertiary/aromatic N) is 2. The number of hydrogen-bond donors (Lipinski definition) is 0. The number of hydrogen-bond acceptors (Lipinski definition) is 2. The van der Waals surface area contributed by atoms with E-state index in [0.29, 0.717) is 0 Å². The van der Waals surface area contributed by atoms with E-state index in [0.717, 1.165) is 37.8 Å². The van der Waals surface area contributed by atoms with Gasteiger partial charge in [-0.05, 0) is 50.4 Å². The summed E-state index contributed by atoms with van der Waals surface area (Å²) in [5.41, 5.74) is -0.607. The molecule has 0 radical (unpaired) electrons. The van der Waals surface area contributed by atoms with Crippen molar-refractivity contribution in [3.05, 3.63) is 0 Å². The monoisotopic (exact) mass is 218 g/mol. The van der Waals surface area contributed by atoms with E-state index < -0.39 is 5.41 Å². The Bertz CT molecular complexity index is 331. The summed E-state index contributed by atoms with van der Waals surface area (Å²) < 4.78 is 0. The lowest BCUT2D eigenvalue weighted by molar-refractivity contribution is -0.135. The largest absolute Gasteiger partial charge is 0.341 e. The first kappa shape index (κ1) is 10.1. The van der Waals surface area contributed by atoms with Gasteiger partial charge in [-0.1, -0.05) is 0 Å². The van der Waals surface area contributed by atoms with Crippen LogP contribution in [-0.4, -0.2) is 23.9 Å². The zero-order valence-corrected chi connectivity index (χ0v) is 9.61. The molecule has 3 saturated carbocycles. The second kappa shape index (κ2) is 3.48. The molecule has 3 heteroatoms. The third-order valence-corrected chi connectivity index (χ3v) is 4.01. The zero-order valence-electron chi connectivity index (χ0n) is 9.61. The van der Waals surface area contributed by atoms with Crippen molar-refractivity contribution in [3.63, 3.8) is 0 Å². The summed E-state index contributed by atoms with van der Waals surface area (Å²) in [6, 6.07) is 2.23. The third-order valence-electron chi connectivity index (χ3n) is 4.01. The molecule has 0 atom stereocenters. The van der Waals surface area contributed by atoms with Gasteiger partial charge in [-0.25, -0.2) is 0 Å². The molecule has 0 aliphatic heterocycles. The lowest BCUT2D eigenvalue weighted by Gasteiger charge is -2.24. The third kappa shape index (κ3) is 1.93. The quantitative estimate of drug-likeness (QED) is 0.707. The Hall–Kier alpha value is -1.04. The summed E-state index contributed by atoms with van der Waals surface area (Å²) in [5.74, 6) is 1.60. The molecular weight excluding hydrogens is 200 g/mol. The van der Waals surface area contributed by atoms with E-state index in [-0.39, 0.29) is 5.91 Å².